The van der Waals surface area contributed by atoms with E-state index >= 15 is 0 Å². The lowest BCUT2D eigenvalue weighted by Gasteiger charge is -1.96. The molecule has 1 aromatic heterocycles. The Bertz CT molecular complexity index is 499. The molecule has 14 heavy (non-hydrogen) atoms. The second kappa shape index (κ2) is 3.52. The zero-order valence-electron chi connectivity index (χ0n) is 7.07. The summed E-state index contributed by atoms with van der Waals surface area (Å²) in [6.07, 6.45) is 0. The highest BCUT2D eigenvalue weighted by Gasteiger charge is 2.08. The van der Waals surface area contributed by atoms with Crippen LogP contribution in [0.15, 0.2) is 34.9 Å². The molecule has 0 N–H and O–H groups in total. The average Bonchev–Trinajstić information content (AvgIpc) is 2.67. The molecule has 1 aromatic carbocycles. The first-order valence-corrected chi connectivity index (χ1v) is 4.31. The second-order valence-corrected chi connectivity index (χ2v) is 3.08. The van der Waals surface area contributed by atoms with E-state index in [2.05, 4.69) is 5.16 Å². The van der Waals surface area contributed by atoms with Crippen molar-refractivity contribution in [1.29, 1.82) is 5.26 Å². The zero-order valence-corrected chi connectivity index (χ0v) is 7.82. The van der Waals surface area contributed by atoms with E-state index in [1.807, 2.05) is 24.3 Å². The molecule has 0 saturated heterocycles. The summed E-state index contributed by atoms with van der Waals surface area (Å²) in [5.41, 5.74) is 1.34. The molecule has 0 aliphatic heterocycles. The first-order chi connectivity index (χ1) is 6.81. The number of aromatic nitrogens is 1. The van der Waals surface area contributed by atoms with Crippen LogP contribution in [-0.4, -0.2) is 5.16 Å². The monoisotopic (exact) mass is 204 g/mol. The highest BCUT2D eigenvalue weighted by Crippen LogP contribution is 2.26. The predicted molar refractivity (Wildman–Crippen MR) is 51.7 cm³/mol. The topological polar surface area (TPSA) is 49.8 Å². The van der Waals surface area contributed by atoms with Crippen molar-refractivity contribution in [3.8, 4) is 17.3 Å². The molecule has 0 radical (unpaired) electrons. The first-order valence-electron chi connectivity index (χ1n) is 3.93. The summed E-state index contributed by atoms with van der Waals surface area (Å²) in [5.74, 6) is 0.180. The van der Waals surface area contributed by atoms with Crippen molar-refractivity contribution in [2.24, 2.45) is 0 Å². The molecule has 4 heteroatoms. The fourth-order valence-corrected chi connectivity index (χ4v) is 1.36. The van der Waals surface area contributed by atoms with E-state index in [1.54, 1.807) is 12.1 Å². The highest BCUT2D eigenvalue weighted by atomic mass is 35.5. The van der Waals surface area contributed by atoms with Crippen molar-refractivity contribution in [1.82, 2.24) is 5.16 Å². The smallest absolute Gasteiger partial charge is 0.236 e. The molecule has 0 atom stereocenters. The lowest BCUT2D eigenvalue weighted by Crippen LogP contribution is -1.77. The van der Waals surface area contributed by atoms with Crippen LogP contribution in [0.3, 0.4) is 0 Å². The van der Waals surface area contributed by atoms with Gasteiger partial charge in [-0.25, -0.2) is 0 Å². The summed E-state index contributed by atoms with van der Waals surface area (Å²) >= 11 is 5.95. The second-order valence-electron chi connectivity index (χ2n) is 2.67. The van der Waals surface area contributed by atoms with E-state index in [0.717, 1.165) is 5.56 Å². The Morgan fingerprint density at radius 3 is 2.79 bits per heavy atom. The molecule has 68 valence electrons. The molecule has 0 aliphatic carbocycles. The maximum Gasteiger partial charge on any atom is 0.236 e. The molecular formula is C10H5ClN2O. The van der Waals surface area contributed by atoms with E-state index in [1.165, 1.54) is 0 Å². The van der Waals surface area contributed by atoms with Gasteiger partial charge in [-0.3, -0.25) is 0 Å². The Morgan fingerprint density at radius 1 is 1.36 bits per heavy atom. The molecule has 0 unspecified atom stereocenters. The first kappa shape index (κ1) is 8.79. The van der Waals surface area contributed by atoms with E-state index < -0.39 is 0 Å². The number of hydrogen-bond donors (Lipinski definition) is 0. The molecule has 2 aromatic rings. The fraction of sp³-hybridized carbons (Fsp3) is 0. The Morgan fingerprint density at radius 2 is 2.14 bits per heavy atom. The summed E-state index contributed by atoms with van der Waals surface area (Å²) in [6.45, 7) is 0. The van der Waals surface area contributed by atoms with Crippen LogP contribution < -0.4 is 0 Å². The van der Waals surface area contributed by atoms with Crippen molar-refractivity contribution >= 4 is 11.6 Å². The van der Waals surface area contributed by atoms with Gasteiger partial charge in [-0.15, -0.1) is 0 Å². The quantitative estimate of drug-likeness (QED) is 0.718. The van der Waals surface area contributed by atoms with Crippen LogP contribution >= 0.6 is 11.6 Å². The maximum atomic E-state index is 8.55. The van der Waals surface area contributed by atoms with Crippen molar-refractivity contribution < 1.29 is 4.52 Å². The molecule has 0 amide bonds. The molecule has 0 aliphatic rings. The van der Waals surface area contributed by atoms with E-state index in [-0.39, 0.29) is 5.76 Å². The van der Waals surface area contributed by atoms with E-state index in [9.17, 15) is 0 Å². The number of nitrogens with zero attached hydrogens (tertiary/aromatic N) is 2. The molecule has 0 bridgehead atoms. The van der Waals surface area contributed by atoms with Gasteiger partial charge in [0.2, 0.25) is 5.76 Å². The van der Waals surface area contributed by atoms with Crippen LogP contribution in [0.2, 0.25) is 5.02 Å². The summed E-state index contributed by atoms with van der Waals surface area (Å²) in [4.78, 5) is 0. The van der Waals surface area contributed by atoms with Crippen molar-refractivity contribution in [2.45, 2.75) is 0 Å². The van der Waals surface area contributed by atoms with Gasteiger partial charge in [0.15, 0.2) is 0 Å². The Labute approximate surface area is 85.5 Å². The van der Waals surface area contributed by atoms with Gasteiger partial charge < -0.3 is 4.52 Å². The molecule has 0 spiro atoms. The summed E-state index contributed by atoms with van der Waals surface area (Å²) in [7, 11) is 0. The van der Waals surface area contributed by atoms with Crippen molar-refractivity contribution in [3.63, 3.8) is 0 Å². The molecule has 1 heterocycles. The van der Waals surface area contributed by atoms with Gasteiger partial charge in [-0.1, -0.05) is 35.0 Å². The maximum absolute atomic E-state index is 8.55. The van der Waals surface area contributed by atoms with Crippen LogP contribution in [0.5, 0.6) is 0 Å². The minimum atomic E-state index is 0.180. The van der Waals surface area contributed by atoms with Gasteiger partial charge in [0.1, 0.15) is 11.8 Å². The van der Waals surface area contributed by atoms with Crippen molar-refractivity contribution in [3.05, 3.63) is 41.1 Å². The van der Waals surface area contributed by atoms with Gasteiger partial charge in [-0.2, -0.15) is 5.26 Å². The predicted octanol–water partition coefficient (Wildman–Crippen LogP) is 2.87. The third-order valence-electron chi connectivity index (χ3n) is 1.77. The Hall–Kier alpha value is -1.79. The van der Waals surface area contributed by atoms with Crippen LogP contribution in [0, 0.1) is 11.3 Å². The van der Waals surface area contributed by atoms with Crippen molar-refractivity contribution in [2.75, 3.05) is 0 Å². The zero-order chi connectivity index (χ0) is 9.97. The number of nitriles is 1. The largest absolute Gasteiger partial charge is 0.345 e. The minimum Gasteiger partial charge on any atom is -0.345 e. The van der Waals surface area contributed by atoms with Gasteiger partial charge in [0.25, 0.3) is 0 Å². The molecule has 0 fully saturated rings. The molecule has 3 nitrogen and oxygen atoms in total. The van der Waals surface area contributed by atoms with Gasteiger partial charge in [0.05, 0.1) is 5.02 Å². The number of halogens is 1. The number of benzene rings is 1. The highest BCUT2D eigenvalue weighted by molar-refractivity contribution is 6.33. The van der Waals surface area contributed by atoms with Gasteiger partial charge in [0, 0.05) is 11.6 Å². The summed E-state index contributed by atoms with van der Waals surface area (Å²) in [6, 6.07) is 10.7. The van der Waals surface area contributed by atoms with Crippen LogP contribution in [-0.2, 0) is 0 Å². The lowest BCUT2D eigenvalue weighted by atomic mass is 10.1. The lowest BCUT2D eigenvalue weighted by molar-refractivity contribution is 0.412. The van der Waals surface area contributed by atoms with Crippen LogP contribution in [0.4, 0.5) is 0 Å². The molecule has 2 rings (SSSR count). The Kier molecular flexibility index (Phi) is 2.21. The normalized spacial score (nSPS) is 9.71. The average molecular weight is 205 g/mol. The standard InChI is InChI=1S/C10H5ClN2O/c11-9-4-2-1-3-8(9)10-5-7(6-12)14-13-10/h1-5H. The Balaban J connectivity index is 2.51. The van der Waals surface area contributed by atoms with Gasteiger partial charge in [-0.05, 0) is 6.07 Å². The third kappa shape index (κ3) is 1.48. The summed E-state index contributed by atoms with van der Waals surface area (Å²) in [5, 5.41) is 12.9. The minimum absolute atomic E-state index is 0.180. The fourth-order valence-electron chi connectivity index (χ4n) is 1.12. The number of rotatable bonds is 1. The molecule has 0 saturated carbocycles. The number of hydrogen-bond acceptors (Lipinski definition) is 3. The summed E-state index contributed by atoms with van der Waals surface area (Å²) < 4.78 is 4.75. The van der Waals surface area contributed by atoms with Crippen LogP contribution in [0.1, 0.15) is 5.76 Å². The van der Waals surface area contributed by atoms with E-state index in [4.69, 9.17) is 21.4 Å². The third-order valence-corrected chi connectivity index (χ3v) is 2.10. The van der Waals surface area contributed by atoms with E-state index in [0.29, 0.717) is 10.7 Å². The molecular weight excluding hydrogens is 200 g/mol. The van der Waals surface area contributed by atoms with Crippen LogP contribution in [0.25, 0.3) is 11.3 Å². The SMILES string of the molecule is N#Cc1cc(-c2ccccc2Cl)no1. The van der Waals surface area contributed by atoms with Gasteiger partial charge >= 0.3 is 0 Å².